The van der Waals surface area contributed by atoms with Crippen LogP contribution in [0.15, 0.2) is 35.1 Å². The zero-order chi connectivity index (χ0) is 16.9. The number of furan rings is 1. The van der Waals surface area contributed by atoms with Gasteiger partial charge in [0.05, 0.1) is 29.3 Å². The molecule has 1 aliphatic heterocycles. The molecule has 2 aromatic heterocycles. The third-order valence-corrected chi connectivity index (χ3v) is 5.11. The van der Waals surface area contributed by atoms with Gasteiger partial charge in [0, 0.05) is 31.1 Å². The van der Waals surface area contributed by atoms with Gasteiger partial charge in [-0.2, -0.15) is 0 Å². The molecule has 0 atom stereocenters. The molecule has 0 saturated carbocycles. The highest BCUT2D eigenvalue weighted by Gasteiger charge is 2.23. The third kappa shape index (κ3) is 4.37. The zero-order valence-electron chi connectivity index (χ0n) is 13.0. The summed E-state index contributed by atoms with van der Waals surface area (Å²) >= 11 is 7.33. The molecule has 2 aromatic rings. The molecule has 0 aliphatic carbocycles. The van der Waals surface area contributed by atoms with Crippen LogP contribution in [0.2, 0.25) is 4.34 Å². The van der Waals surface area contributed by atoms with Crippen LogP contribution < -0.4 is 5.32 Å². The second-order valence-corrected chi connectivity index (χ2v) is 7.36. The molecule has 24 heavy (non-hydrogen) atoms. The quantitative estimate of drug-likeness (QED) is 0.878. The van der Waals surface area contributed by atoms with E-state index in [2.05, 4.69) is 10.2 Å². The maximum atomic E-state index is 12.2. The Balaban J connectivity index is 1.40. The first-order valence-electron chi connectivity index (χ1n) is 7.66. The molecule has 1 saturated heterocycles. The van der Waals surface area contributed by atoms with E-state index in [-0.39, 0.29) is 11.8 Å². The minimum Gasteiger partial charge on any atom is -0.472 e. The van der Waals surface area contributed by atoms with Gasteiger partial charge < -0.3 is 14.6 Å². The van der Waals surface area contributed by atoms with Gasteiger partial charge in [-0.25, -0.2) is 0 Å². The van der Waals surface area contributed by atoms with Crippen molar-refractivity contribution in [3.8, 4) is 0 Å². The number of hydrogen-bond acceptors (Lipinski definition) is 5. The number of halogens is 1. The van der Waals surface area contributed by atoms with Crippen molar-refractivity contribution < 1.29 is 14.0 Å². The van der Waals surface area contributed by atoms with E-state index in [1.807, 2.05) is 12.1 Å². The summed E-state index contributed by atoms with van der Waals surface area (Å²) < 4.78 is 5.67. The molecule has 8 heteroatoms. The lowest BCUT2D eigenvalue weighted by molar-refractivity contribution is -0.122. The topological polar surface area (TPSA) is 65.8 Å². The molecule has 6 nitrogen and oxygen atoms in total. The predicted octanol–water partition coefficient (Wildman–Crippen LogP) is 2.07. The molecule has 0 spiro atoms. The fourth-order valence-corrected chi connectivity index (χ4v) is 3.60. The van der Waals surface area contributed by atoms with Crippen molar-refractivity contribution in [1.82, 2.24) is 15.1 Å². The minimum absolute atomic E-state index is 0.0193. The van der Waals surface area contributed by atoms with E-state index in [9.17, 15) is 9.59 Å². The van der Waals surface area contributed by atoms with E-state index in [4.69, 9.17) is 16.0 Å². The summed E-state index contributed by atoms with van der Waals surface area (Å²) in [6.07, 6.45) is 2.95. The van der Waals surface area contributed by atoms with E-state index in [1.165, 1.54) is 23.9 Å². The highest BCUT2D eigenvalue weighted by molar-refractivity contribution is 7.16. The molecule has 3 rings (SSSR count). The van der Waals surface area contributed by atoms with Gasteiger partial charge in [-0.3, -0.25) is 14.5 Å². The maximum absolute atomic E-state index is 12.2. The summed E-state index contributed by atoms with van der Waals surface area (Å²) in [7, 11) is 0. The molecular weight excluding hydrogens is 350 g/mol. The van der Waals surface area contributed by atoms with Crippen LogP contribution in [-0.2, 0) is 11.3 Å². The molecule has 0 radical (unpaired) electrons. The van der Waals surface area contributed by atoms with Crippen LogP contribution in [0, 0.1) is 0 Å². The Hall–Kier alpha value is -1.83. The fourth-order valence-electron chi connectivity index (χ4n) is 2.57. The molecule has 3 heterocycles. The molecule has 2 amide bonds. The third-order valence-electron chi connectivity index (χ3n) is 3.88. The largest absolute Gasteiger partial charge is 0.472 e. The summed E-state index contributed by atoms with van der Waals surface area (Å²) in [5.74, 6) is -0.0449. The highest BCUT2D eigenvalue weighted by atomic mass is 35.5. The van der Waals surface area contributed by atoms with Gasteiger partial charge in [-0.15, -0.1) is 11.3 Å². The van der Waals surface area contributed by atoms with E-state index in [0.717, 1.165) is 9.21 Å². The van der Waals surface area contributed by atoms with Gasteiger partial charge in [0.25, 0.3) is 5.91 Å². The van der Waals surface area contributed by atoms with Crippen molar-refractivity contribution in [2.75, 3.05) is 32.7 Å². The van der Waals surface area contributed by atoms with Crippen LogP contribution in [0.25, 0.3) is 0 Å². The molecule has 1 fully saturated rings. The molecule has 0 aromatic carbocycles. The van der Waals surface area contributed by atoms with Crippen LogP contribution in [0.5, 0.6) is 0 Å². The van der Waals surface area contributed by atoms with E-state index in [1.54, 1.807) is 11.0 Å². The van der Waals surface area contributed by atoms with Gasteiger partial charge in [0.1, 0.15) is 6.26 Å². The molecule has 0 unspecified atom stereocenters. The summed E-state index contributed by atoms with van der Waals surface area (Å²) in [6.45, 7) is 3.42. The number of hydrogen-bond donors (Lipinski definition) is 1. The van der Waals surface area contributed by atoms with Crippen molar-refractivity contribution >= 4 is 34.8 Å². The number of nitrogens with one attached hydrogen (secondary N) is 1. The Bertz CT molecular complexity index is 693. The van der Waals surface area contributed by atoms with Crippen LogP contribution >= 0.6 is 22.9 Å². The van der Waals surface area contributed by atoms with Crippen molar-refractivity contribution in [2.24, 2.45) is 0 Å². The minimum atomic E-state index is -0.0255. The Morgan fingerprint density at radius 3 is 2.62 bits per heavy atom. The number of thiophene rings is 1. The SMILES string of the molecule is O=C(CN1CCN(C(=O)c2ccoc2)CC1)NCc1ccc(Cl)s1. The molecular formula is C16H18ClN3O3S. The van der Waals surface area contributed by atoms with Gasteiger partial charge in [0.2, 0.25) is 5.91 Å². The predicted molar refractivity (Wildman–Crippen MR) is 92.2 cm³/mol. The van der Waals surface area contributed by atoms with Gasteiger partial charge >= 0.3 is 0 Å². The second kappa shape index (κ2) is 7.83. The number of rotatable bonds is 5. The number of carbonyl (C=O) groups is 2. The van der Waals surface area contributed by atoms with E-state index >= 15 is 0 Å². The summed E-state index contributed by atoms with van der Waals surface area (Å²) in [4.78, 5) is 29.1. The van der Waals surface area contributed by atoms with Crippen molar-refractivity contribution in [2.45, 2.75) is 6.54 Å². The average Bonchev–Trinajstić information content (AvgIpc) is 3.25. The lowest BCUT2D eigenvalue weighted by atomic mass is 10.2. The van der Waals surface area contributed by atoms with Crippen LogP contribution in [0.4, 0.5) is 0 Å². The van der Waals surface area contributed by atoms with Crippen LogP contribution in [0.3, 0.4) is 0 Å². The van der Waals surface area contributed by atoms with Crippen LogP contribution in [0.1, 0.15) is 15.2 Å². The van der Waals surface area contributed by atoms with Crippen molar-refractivity contribution in [3.05, 3.63) is 45.5 Å². The Morgan fingerprint density at radius 1 is 1.21 bits per heavy atom. The zero-order valence-corrected chi connectivity index (χ0v) is 14.6. The van der Waals surface area contributed by atoms with Crippen molar-refractivity contribution in [3.63, 3.8) is 0 Å². The Morgan fingerprint density at radius 2 is 2.00 bits per heavy atom. The summed E-state index contributed by atoms with van der Waals surface area (Å²) in [6, 6.07) is 5.40. The molecule has 128 valence electrons. The molecule has 1 aliphatic rings. The number of nitrogens with zero attached hydrogens (tertiary/aromatic N) is 2. The summed E-state index contributed by atoms with van der Waals surface area (Å²) in [5.41, 5.74) is 0.566. The number of carbonyl (C=O) groups excluding carboxylic acids is 2. The van der Waals surface area contributed by atoms with E-state index in [0.29, 0.717) is 44.8 Å². The second-order valence-electron chi connectivity index (χ2n) is 5.56. The number of amides is 2. The first-order chi connectivity index (χ1) is 11.6. The average molecular weight is 368 g/mol. The monoisotopic (exact) mass is 367 g/mol. The standard InChI is InChI=1S/C16H18ClN3O3S/c17-14-2-1-13(24-14)9-18-15(21)10-19-4-6-20(7-5-19)16(22)12-3-8-23-11-12/h1-3,8,11H,4-7,9-10H2,(H,18,21). The van der Waals surface area contributed by atoms with Crippen LogP contribution in [-0.4, -0.2) is 54.3 Å². The first-order valence-corrected chi connectivity index (χ1v) is 8.86. The lowest BCUT2D eigenvalue weighted by Gasteiger charge is -2.34. The molecule has 1 N–H and O–H groups in total. The lowest BCUT2D eigenvalue weighted by Crippen LogP contribution is -2.51. The normalized spacial score (nSPS) is 15.5. The molecule has 0 bridgehead atoms. The fraction of sp³-hybridized carbons (Fsp3) is 0.375. The number of piperazine rings is 1. The smallest absolute Gasteiger partial charge is 0.257 e. The van der Waals surface area contributed by atoms with Gasteiger partial charge in [-0.1, -0.05) is 11.6 Å². The highest BCUT2D eigenvalue weighted by Crippen LogP contribution is 2.20. The van der Waals surface area contributed by atoms with E-state index < -0.39 is 0 Å². The van der Waals surface area contributed by atoms with Crippen molar-refractivity contribution in [1.29, 1.82) is 0 Å². The van der Waals surface area contributed by atoms with Gasteiger partial charge in [-0.05, 0) is 18.2 Å². The first kappa shape index (κ1) is 17.0. The maximum Gasteiger partial charge on any atom is 0.257 e. The Kier molecular flexibility index (Phi) is 5.55. The summed E-state index contributed by atoms with van der Waals surface area (Å²) in [5, 5.41) is 2.89. The Labute approximate surface area is 149 Å². The van der Waals surface area contributed by atoms with Gasteiger partial charge in [0.15, 0.2) is 0 Å².